The zero-order valence-corrected chi connectivity index (χ0v) is 24.9. The van der Waals surface area contributed by atoms with Gasteiger partial charge in [-0.05, 0) is 82.0 Å². The highest BCUT2D eigenvalue weighted by Crippen LogP contribution is 2.29. The number of aryl methyl sites for hydroxylation is 3. The molecule has 3 rings (SSSR count). The van der Waals surface area contributed by atoms with Crippen LogP contribution in [-0.4, -0.2) is 46.1 Å². The number of hydrogen-bond acceptors (Lipinski definition) is 6. The molecule has 0 heterocycles. The summed E-state index contributed by atoms with van der Waals surface area (Å²) in [6.07, 6.45) is -0.789. The Bertz CT molecular complexity index is 1470. The maximum absolute atomic E-state index is 14.3. The second-order valence-electron chi connectivity index (χ2n) is 11.3. The number of carbonyl (C=O) groups is 3. The summed E-state index contributed by atoms with van der Waals surface area (Å²) in [5.74, 6) is -1.08. The molecule has 3 N–H and O–H groups in total. The second-order valence-corrected chi connectivity index (χ2v) is 11.3. The molecule has 0 aromatic heterocycles. The van der Waals surface area contributed by atoms with Crippen LogP contribution in [0.5, 0.6) is 5.75 Å². The van der Waals surface area contributed by atoms with Gasteiger partial charge in [0, 0.05) is 12.1 Å². The van der Waals surface area contributed by atoms with Crippen molar-refractivity contribution in [2.45, 2.75) is 65.6 Å². The fourth-order valence-corrected chi connectivity index (χ4v) is 4.51. The molecule has 0 aliphatic carbocycles. The Morgan fingerprint density at radius 2 is 1.64 bits per heavy atom. The van der Waals surface area contributed by atoms with Crippen LogP contribution in [0.3, 0.4) is 0 Å². The van der Waals surface area contributed by atoms with E-state index in [-0.39, 0.29) is 12.2 Å². The van der Waals surface area contributed by atoms with Crippen LogP contribution in [0.25, 0.3) is 0 Å². The molecule has 3 amide bonds. The van der Waals surface area contributed by atoms with Crippen LogP contribution in [0.15, 0.2) is 66.7 Å². The fourth-order valence-electron chi connectivity index (χ4n) is 4.51. The molecule has 0 bridgehead atoms. The normalized spacial score (nSPS) is 12.4. The van der Waals surface area contributed by atoms with Gasteiger partial charge in [-0.15, -0.1) is 0 Å². The molecule has 0 spiro atoms. The minimum Gasteiger partial charge on any atom is -0.508 e. The number of nitrogens with zero attached hydrogens (tertiary/aromatic N) is 2. The summed E-state index contributed by atoms with van der Waals surface area (Å²) in [5, 5.41) is 25.2. The third-order valence-electron chi connectivity index (χ3n) is 6.58. The molecule has 9 heteroatoms. The smallest absolute Gasteiger partial charge is 0.408 e. The molecule has 2 atom stereocenters. The largest absolute Gasteiger partial charge is 0.508 e. The average Bonchev–Trinajstić information content (AvgIpc) is 2.91. The van der Waals surface area contributed by atoms with Crippen LogP contribution in [0.4, 0.5) is 10.5 Å². The Balaban J connectivity index is 2.10. The Morgan fingerprint density at radius 1 is 0.976 bits per heavy atom. The molecule has 42 heavy (non-hydrogen) atoms. The Labute approximate surface area is 247 Å². The van der Waals surface area contributed by atoms with Gasteiger partial charge in [-0.25, -0.2) is 4.79 Å². The summed E-state index contributed by atoms with van der Waals surface area (Å²) < 4.78 is 5.43. The first-order chi connectivity index (χ1) is 19.8. The molecule has 0 saturated carbocycles. The first-order valence-electron chi connectivity index (χ1n) is 13.7. The van der Waals surface area contributed by atoms with Crippen LogP contribution in [0, 0.1) is 32.1 Å². The number of para-hydroxylation sites is 1. The van der Waals surface area contributed by atoms with Gasteiger partial charge in [0.05, 0.1) is 6.07 Å². The van der Waals surface area contributed by atoms with Crippen LogP contribution < -0.4 is 10.6 Å². The van der Waals surface area contributed by atoms with E-state index in [1.807, 2.05) is 57.2 Å². The van der Waals surface area contributed by atoms with Crippen LogP contribution >= 0.6 is 0 Å². The molecule has 220 valence electrons. The number of hydrogen-bond donors (Lipinski definition) is 3. The second kappa shape index (κ2) is 13.7. The van der Waals surface area contributed by atoms with Gasteiger partial charge in [-0.2, -0.15) is 5.26 Å². The van der Waals surface area contributed by atoms with Gasteiger partial charge in [-0.1, -0.05) is 54.1 Å². The number of carbonyl (C=O) groups excluding carboxylic acids is 3. The van der Waals surface area contributed by atoms with E-state index in [1.165, 1.54) is 17.0 Å². The average molecular weight is 571 g/mol. The van der Waals surface area contributed by atoms with Crippen molar-refractivity contribution >= 4 is 23.6 Å². The van der Waals surface area contributed by atoms with E-state index in [0.29, 0.717) is 16.8 Å². The van der Waals surface area contributed by atoms with Gasteiger partial charge < -0.3 is 25.4 Å². The topological polar surface area (TPSA) is 132 Å². The van der Waals surface area contributed by atoms with Crippen LogP contribution in [-0.2, 0) is 20.7 Å². The Morgan fingerprint density at radius 3 is 2.26 bits per heavy atom. The standard InChI is InChI=1S/C33H38N4O5/c1-21-11-12-22(2)26(19-21)29(30(39)35-27-10-8-7-9-23(27)3)37(18-17-34)31(40)28(36-32(41)42-33(4,5)6)20-24-13-15-25(38)16-14-24/h7-16,19,28-29,38H,18,20H2,1-6H3,(H,35,39)(H,36,41). The summed E-state index contributed by atoms with van der Waals surface area (Å²) in [6.45, 7) is 10.3. The molecule has 0 aliphatic heterocycles. The number of benzene rings is 3. The zero-order chi connectivity index (χ0) is 31.0. The number of phenolic OH excluding ortho intramolecular Hbond substituents is 1. The van der Waals surface area contributed by atoms with Gasteiger partial charge in [0.1, 0.15) is 30.0 Å². The summed E-state index contributed by atoms with van der Waals surface area (Å²) in [6, 6.07) is 18.8. The molecule has 0 aliphatic rings. The maximum Gasteiger partial charge on any atom is 0.408 e. The van der Waals surface area contributed by atoms with E-state index in [1.54, 1.807) is 45.0 Å². The predicted molar refractivity (Wildman–Crippen MR) is 161 cm³/mol. The van der Waals surface area contributed by atoms with E-state index in [0.717, 1.165) is 16.7 Å². The zero-order valence-electron chi connectivity index (χ0n) is 24.9. The lowest BCUT2D eigenvalue weighted by Crippen LogP contribution is -2.53. The predicted octanol–water partition coefficient (Wildman–Crippen LogP) is 5.49. The van der Waals surface area contributed by atoms with Gasteiger partial charge in [-0.3, -0.25) is 9.59 Å². The minimum absolute atomic E-state index is 0.0270. The lowest BCUT2D eigenvalue weighted by molar-refractivity contribution is -0.140. The third kappa shape index (κ3) is 8.58. The van der Waals surface area contributed by atoms with Gasteiger partial charge >= 0.3 is 6.09 Å². The molecule has 3 aromatic rings. The maximum atomic E-state index is 14.3. The van der Waals surface area contributed by atoms with Crippen molar-refractivity contribution in [2.24, 2.45) is 0 Å². The van der Waals surface area contributed by atoms with Crippen LogP contribution in [0.2, 0.25) is 0 Å². The first-order valence-corrected chi connectivity index (χ1v) is 13.7. The summed E-state index contributed by atoms with van der Waals surface area (Å²) >= 11 is 0. The van der Waals surface area contributed by atoms with Crippen molar-refractivity contribution in [3.63, 3.8) is 0 Å². The lowest BCUT2D eigenvalue weighted by atomic mass is 9.95. The number of rotatable bonds is 9. The van der Waals surface area contributed by atoms with Crippen molar-refractivity contribution in [1.29, 1.82) is 5.26 Å². The SMILES string of the molecule is Cc1ccc(C)c(C(C(=O)Nc2ccccc2C)N(CC#N)C(=O)C(Cc2ccc(O)cc2)NC(=O)OC(C)(C)C)c1. The number of amides is 3. The van der Waals surface area contributed by atoms with Gasteiger partial charge in [0.2, 0.25) is 5.91 Å². The third-order valence-corrected chi connectivity index (χ3v) is 6.58. The number of ether oxygens (including phenoxy) is 1. The lowest BCUT2D eigenvalue weighted by Gasteiger charge is -2.34. The highest BCUT2D eigenvalue weighted by atomic mass is 16.6. The van der Waals surface area contributed by atoms with Crippen LogP contribution in [0.1, 0.15) is 54.6 Å². The molecule has 0 saturated heterocycles. The van der Waals surface area contributed by atoms with E-state index in [4.69, 9.17) is 4.74 Å². The molecular formula is C33H38N4O5. The molecular weight excluding hydrogens is 532 g/mol. The summed E-state index contributed by atoms with van der Waals surface area (Å²) in [7, 11) is 0. The molecule has 0 fully saturated rings. The first kappa shape index (κ1) is 31.7. The summed E-state index contributed by atoms with van der Waals surface area (Å²) in [5.41, 5.74) is 3.43. The summed E-state index contributed by atoms with van der Waals surface area (Å²) in [4.78, 5) is 42.4. The van der Waals surface area contributed by atoms with Crippen molar-refractivity contribution in [3.8, 4) is 11.8 Å². The minimum atomic E-state index is -1.18. The van der Waals surface area contributed by atoms with Crippen molar-refractivity contribution in [1.82, 2.24) is 10.2 Å². The Kier molecular flexibility index (Phi) is 10.3. The van der Waals surface area contributed by atoms with E-state index < -0.39 is 42.1 Å². The Hall–Kier alpha value is -4.84. The number of aromatic hydroxyl groups is 1. The molecule has 2 unspecified atom stereocenters. The van der Waals surface area contributed by atoms with Gasteiger partial charge in [0.15, 0.2) is 0 Å². The quantitative estimate of drug-likeness (QED) is 0.292. The molecule has 3 aromatic carbocycles. The van der Waals surface area contributed by atoms with Crippen molar-refractivity contribution in [3.05, 3.63) is 94.5 Å². The number of anilines is 1. The highest BCUT2D eigenvalue weighted by molar-refractivity contribution is 5.99. The monoisotopic (exact) mass is 570 g/mol. The van der Waals surface area contributed by atoms with E-state index >= 15 is 0 Å². The highest BCUT2D eigenvalue weighted by Gasteiger charge is 2.37. The van der Waals surface area contributed by atoms with Gasteiger partial charge in [0.25, 0.3) is 5.91 Å². The van der Waals surface area contributed by atoms with Crippen molar-refractivity contribution in [2.75, 3.05) is 11.9 Å². The van der Waals surface area contributed by atoms with E-state index in [9.17, 15) is 24.8 Å². The van der Waals surface area contributed by atoms with Crippen molar-refractivity contribution < 1.29 is 24.2 Å². The number of alkyl carbamates (subject to hydrolysis) is 1. The van der Waals surface area contributed by atoms with E-state index in [2.05, 4.69) is 10.6 Å². The fraction of sp³-hybridized carbons (Fsp3) is 0.333. The molecule has 9 nitrogen and oxygen atoms in total. The number of nitriles is 1. The number of phenols is 1. The molecule has 0 radical (unpaired) electrons. The number of nitrogens with one attached hydrogen (secondary N) is 2.